The van der Waals surface area contributed by atoms with Gasteiger partial charge >= 0.3 is 0 Å². The maximum atomic E-state index is 12.0. The number of nitrogens with zero attached hydrogens (tertiary/aromatic N) is 3. The highest BCUT2D eigenvalue weighted by molar-refractivity contribution is 5.94. The van der Waals surface area contributed by atoms with Crippen molar-refractivity contribution in [3.8, 4) is 0 Å². The first-order valence-electron chi connectivity index (χ1n) is 8.37. The maximum absolute atomic E-state index is 12.0. The molecule has 6 heteroatoms. The van der Waals surface area contributed by atoms with E-state index in [0.717, 1.165) is 44.8 Å². The third-order valence-corrected chi connectivity index (χ3v) is 4.23. The molecule has 2 fully saturated rings. The van der Waals surface area contributed by atoms with Crippen LogP contribution in [0.25, 0.3) is 0 Å². The van der Waals surface area contributed by atoms with Crippen molar-refractivity contribution in [2.45, 2.75) is 38.3 Å². The zero-order valence-electron chi connectivity index (χ0n) is 14.0. The minimum absolute atomic E-state index is 0.0263. The predicted molar refractivity (Wildman–Crippen MR) is 89.7 cm³/mol. The number of pyridine rings is 1. The van der Waals surface area contributed by atoms with Crippen molar-refractivity contribution in [3.05, 3.63) is 23.9 Å². The summed E-state index contributed by atoms with van der Waals surface area (Å²) >= 11 is 0. The Morgan fingerprint density at radius 1 is 1.30 bits per heavy atom. The van der Waals surface area contributed by atoms with E-state index in [-0.39, 0.29) is 5.91 Å². The number of rotatable bonds is 5. The number of carbonyl (C=O) groups excluding carboxylic acids is 1. The molecule has 1 amide bonds. The van der Waals surface area contributed by atoms with Crippen LogP contribution in [0.4, 0.5) is 5.82 Å². The summed E-state index contributed by atoms with van der Waals surface area (Å²) in [7, 11) is 0. The number of β-amino-alcohol motifs (C(OH)–C–C–N with tert-alkyl or cyclic N) is 1. The Morgan fingerprint density at radius 2 is 2.00 bits per heavy atom. The van der Waals surface area contributed by atoms with Gasteiger partial charge in [0.25, 0.3) is 5.91 Å². The number of anilines is 1. The Hall–Kier alpha value is -1.66. The molecule has 0 spiro atoms. The lowest BCUT2D eigenvalue weighted by Crippen LogP contribution is -2.50. The molecule has 126 valence electrons. The molecule has 23 heavy (non-hydrogen) atoms. The molecule has 2 aliphatic rings. The van der Waals surface area contributed by atoms with Crippen LogP contribution in [0, 0.1) is 0 Å². The molecule has 0 radical (unpaired) electrons. The van der Waals surface area contributed by atoms with Crippen molar-refractivity contribution in [3.63, 3.8) is 0 Å². The molecule has 0 aromatic carbocycles. The van der Waals surface area contributed by atoms with E-state index in [1.165, 1.54) is 0 Å². The second-order valence-corrected chi connectivity index (χ2v) is 7.23. The summed E-state index contributed by atoms with van der Waals surface area (Å²) in [6.07, 6.45) is 3.84. The lowest BCUT2D eigenvalue weighted by Gasteiger charge is -2.37. The molecule has 1 saturated heterocycles. The summed E-state index contributed by atoms with van der Waals surface area (Å²) in [5, 5.41) is 12.9. The van der Waals surface area contributed by atoms with Crippen LogP contribution >= 0.6 is 0 Å². The van der Waals surface area contributed by atoms with E-state index in [4.69, 9.17) is 0 Å². The molecule has 1 aromatic rings. The Kier molecular flexibility index (Phi) is 4.55. The number of carbonyl (C=O) groups is 1. The van der Waals surface area contributed by atoms with E-state index in [1.807, 2.05) is 26.0 Å². The lowest BCUT2D eigenvalue weighted by molar-refractivity contribution is 0.0344. The van der Waals surface area contributed by atoms with Crippen LogP contribution in [0.5, 0.6) is 0 Å². The van der Waals surface area contributed by atoms with Crippen LogP contribution < -0.4 is 10.2 Å². The molecule has 2 N–H and O–H groups in total. The van der Waals surface area contributed by atoms with Gasteiger partial charge in [-0.2, -0.15) is 0 Å². The molecule has 0 unspecified atom stereocenters. The molecule has 1 aliphatic heterocycles. The van der Waals surface area contributed by atoms with E-state index >= 15 is 0 Å². The van der Waals surface area contributed by atoms with Gasteiger partial charge in [0.2, 0.25) is 0 Å². The monoisotopic (exact) mass is 318 g/mol. The molecule has 1 saturated carbocycles. The quantitative estimate of drug-likeness (QED) is 0.843. The Balaban J connectivity index is 1.53. The topological polar surface area (TPSA) is 68.7 Å². The SMILES string of the molecule is CC(C)(O)CN1CCN(c2ccc(C(=O)NC3CC3)cn2)CC1. The summed E-state index contributed by atoms with van der Waals surface area (Å²) in [6.45, 7) is 7.96. The predicted octanol–water partition coefficient (Wildman–Crippen LogP) is 0.867. The highest BCUT2D eigenvalue weighted by atomic mass is 16.3. The third-order valence-electron chi connectivity index (χ3n) is 4.23. The van der Waals surface area contributed by atoms with Crippen molar-refractivity contribution in [2.75, 3.05) is 37.6 Å². The van der Waals surface area contributed by atoms with Crippen molar-refractivity contribution in [1.82, 2.24) is 15.2 Å². The first-order chi connectivity index (χ1) is 10.9. The van der Waals surface area contributed by atoms with Crippen LogP contribution in [-0.4, -0.2) is 65.3 Å². The van der Waals surface area contributed by atoms with Gasteiger partial charge in [0.05, 0.1) is 11.2 Å². The number of hydrogen-bond acceptors (Lipinski definition) is 5. The van der Waals surface area contributed by atoms with E-state index in [1.54, 1.807) is 6.20 Å². The van der Waals surface area contributed by atoms with Crippen LogP contribution in [0.15, 0.2) is 18.3 Å². The molecule has 0 bridgehead atoms. The van der Waals surface area contributed by atoms with Crippen molar-refractivity contribution in [1.29, 1.82) is 0 Å². The minimum Gasteiger partial charge on any atom is -0.389 e. The first-order valence-corrected chi connectivity index (χ1v) is 8.37. The average molecular weight is 318 g/mol. The molecule has 6 nitrogen and oxygen atoms in total. The van der Waals surface area contributed by atoms with Gasteiger partial charge in [0.1, 0.15) is 5.82 Å². The largest absolute Gasteiger partial charge is 0.389 e. The highest BCUT2D eigenvalue weighted by Crippen LogP contribution is 2.20. The maximum Gasteiger partial charge on any atom is 0.253 e. The highest BCUT2D eigenvalue weighted by Gasteiger charge is 2.25. The van der Waals surface area contributed by atoms with E-state index in [2.05, 4.69) is 20.1 Å². The van der Waals surface area contributed by atoms with Crippen LogP contribution in [0.1, 0.15) is 37.0 Å². The normalized spacial score (nSPS) is 19.7. The first kappa shape index (κ1) is 16.2. The molecule has 0 atom stereocenters. The van der Waals surface area contributed by atoms with Gasteiger partial charge in [-0.15, -0.1) is 0 Å². The minimum atomic E-state index is -0.656. The summed E-state index contributed by atoms with van der Waals surface area (Å²) in [5.74, 6) is 0.887. The van der Waals surface area contributed by atoms with Gasteiger partial charge in [0, 0.05) is 45.0 Å². The van der Waals surface area contributed by atoms with Crippen molar-refractivity contribution >= 4 is 11.7 Å². The number of aromatic nitrogens is 1. The summed E-state index contributed by atoms with van der Waals surface area (Å²) in [4.78, 5) is 20.9. The third kappa shape index (κ3) is 4.65. The molecular weight excluding hydrogens is 292 g/mol. The molecule has 1 aliphatic carbocycles. The smallest absolute Gasteiger partial charge is 0.253 e. The number of hydrogen-bond donors (Lipinski definition) is 2. The van der Waals surface area contributed by atoms with Gasteiger partial charge in [-0.05, 0) is 38.8 Å². The fourth-order valence-electron chi connectivity index (χ4n) is 2.89. The van der Waals surface area contributed by atoms with E-state index < -0.39 is 5.60 Å². The summed E-state index contributed by atoms with van der Waals surface area (Å²) in [5.41, 5.74) is -0.0295. The molecule has 1 aromatic heterocycles. The standard InChI is InChI=1S/C17H26N4O2/c1-17(2,23)12-20-7-9-21(10-8-20)15-6-3-13(11-18-15)16(22)19-14-4-5-14/h3,6,11,14,23H,4-5,7-10,12H2,1-2H3,(H,19,22). The van der Waals surface area contributed by atoms with Gasteiger partial charge in [-0.25, -0.2) is 4.98 Å². The fourth-order valence-corrected chi connectivity index (χ4v) is 2.89. The Labute approximate surface area is 137 Å². The van der Waals surface area contributed by atoms with Crippen molar-refractivity contribution in [2.24, 2.45) is 0 Å². The van der Waals surface area contributed by atoms with E-state index in [0.29, 0.717) is 18.2 Å². The van der Waals surface area contributed by atoms with Crippen molar-refractivity contribution < 1.29 is 9.90 Å². The summed E-state index contributed by atoms with van der Waals surface area (Å²) in [6, 6.07) is 4.14. The number of amides is 1. The fraction of sp³-hybridized carbons (Fsp3) is 0.647. The Morgan fingerprint density at radius 3 is 2.52 bits per heavy atom. The van der Waals surface area contributed by atoms with Gasteiger partial charge in [-0.3, -0.25) is 9.69 Å². The van der Waals surface area contributed by atoms with Gasteiger partial charge in [-0.1, -0.05) is 0 Å². The van der Waals surface area contributed by atoms with Crippen LogP contribution in [0.2, 0.25) is 0 Å². The van der Waals surface area contributed by atoms with Crippen LogP contribution in [0.3, 0.4) is 0 Å². The average Bonchev–Trinajstić information content (AvgIpc) is 3.30. The lowest BCUT2D eigenvalue weighted by atomic mass is 10.1. The van der Waals surface area contributed by atoms with Crippen LogP contribution in [-0.2, 0) is 0 Å². The van der Waals surface area contributed by atoms with Gasteiger partial charge in [0.15, 0.2) is 0 Å². The number of piperazine rings is 1. The summed E-state index contributed by atoms with van der Waals surface area (Å²) < 4.78 is 0. The number of aliphatic hydroxyl groups is 1. The Bertz CT molecular complexity index is 541. The van der Waals surface area contributed by atoms with Gasteiger partial charge < -0.3 is 15.3 Å². The second kappa shape index (κ2) is 6.45. The molecule has 2 heterocycles. The number of nitrogens with one attached hydrogen (secondary N) is 1. The molecular formula is C17H26N4O2. The molecule has 3 rings (SSSR count). The zero-order valence-corrected chi connectivity index (χ0v) is 14.0. The zero-order chi connectivity index (χ0) is 16.4. The second-order valence-electron chi connectivity index (χ2n) is 7.23. The van der Waals surface area contributed by atoms with E-state index in [9.17, 15) is 9.90 Å².